The fourth-order valence-corrected chi connectivity index (χ4v) is 1.60. The predicted octanol–water partition coefficient (Wildman–Crippen LogP) is 3.56. The summed E-state index contributed by atoms with van der Waals surface area (Å²) >= 11 is 0. The van der Waals surface area contributed by atoms with Gasteiger partial charge in [-0.1, -0.05) is 6.07 Å². The topological polar surface area (TPSA) is 24.9 Å². The van der Waals surface area contributed by atoms with Crippen molar-refractivity contribution >= 4 is 5.69 Å². The third kappa shape index (κ3) is 2.67. The molecule has 0 unspecified atom stereocenters. The second-order valence-electron chi connectivity index (χ2n) is 3.96. The van der Waals surface area contributed by atoms with Crippen LogP contribution in [0.25, 0.3) is 0 Å². The van der Waals surface area contributed by atoms with Crippen LogP contribution in [0.2, 0.25) is 0 Å². The molecule has 0 radical (unpaired) electrons. The molecule has 0 bridgehead atoms. The van der Waals surface area contributed by atoms with E-state index in [-0.39, 0.29) is 12.6 Å². The molecule has 1 N–H and O–H groups in total. The molecule has 100 valence electrons. The minimum Gasteiger partial charge on any atom is -0.374 e. The van der Waals surface area contributed by atoms with Gasteiger partial charge in [-0.05, 0) is 18.6 Å². The van der Waals surface area contributed by atoms with E-state index in [0.717, 1.165) is 5.56 Å². The Morgan fingerprint density at radius 2 is 1.74 bits per heavy atom. The molecule has 0 saturated heterocycles. The lowest BCUT2D eigenvalue weighted by molar-refractivity contribution is 0.458. The minimum absolute atomic E-state index is 0.0383. The maximum Gasteiger partial charge on any atom is 0.185 e. The van der Waals surface area contributed by atoms with Crippen molar-refractivity contribution in [1.82, 2.24) is 4.98 Å². The third-order valence-corrected chi connectivity index (χ3v) is 2.66. The summed E-state index contributed by atoms with van der Waals surface area (Å²) in [6, 6.07) is 3.65. The van der Waals surface area contributed by atoms with Gasteiger partial charge in [-0.15, -0.1) is 0 Å². The first-order chi connectivity index (χ1) is 9.00. The second kappa shape index (κ2) is 5.26. The highest BCUT2D eigenvalue weighted by molar-refractivity contribution is 5.47. The van der Waals surface area contributed by atoms with Crippen LogP contribution >= 0.6 is 0 Å². The Bertz CT molecular complexity index is 588. The first kappa shape index (κ1) is 13.3. The van der Waals surface area contributed by atoms with Gasteiger partial charge in [0.15, 0.2) is 23.3 Å². The Labute approximate surface area is 107 Å². The van der Waals surface area contributed by atoms with Gasteiger partial charge in [-0.25, -0.2) is 17.6 Å². The van der Waals surface area contributed by atoms with Crippen molar-refractivity contribution in [2.24, 2.45) is 0 Å². The molecule has 1 aromatic heterocycles. The lowest BCUT2D eigenvalue weighted by Gasteiger charge is -2.10. The summed E-state index contributed by atoms with van der Waals surface area (Å²) in [7, 11) is 0. The SMILES string of the molecule is Cc1cccnc1CNc1c(F)c(F)cc(F)c1F. The lowest BCUT2D eigenvalue weighted by Crippen LogP contribution is -2.09. The summed E-state index contributed by atoms with van der Waals surface area (Å²) in [5, 5.41) is 2.33. The molecular formula is C13H10F4N2. The molecule has 19 heavy (non-hydrogen) atoms. The standard InChI is InChI=1S/C13H10F4N2/c1-7-3-2-4-18-10(7)6-19-13-11(16)8(14)5-9(15)12(13)17/h2-5,19H,6H2,1H3. The largest absolute Gasteiger partial charge is 0.374 e. The van der Waals surface area contributed by atoms with E-state index < -0.39 is 29.0 Å². The minimum atomic E-state index is -1.45. The van der Waals surface area contributed by atoms with Gasteiger partial charge in [-0.2, -0.15) is 0 Å². The van der Waals surface area contributed by atoms with Crippen LogP contribution in [-0.4, -0.2) is 4.98 Å². The number of aromatic nitrogens is 1. The Morgan fingerprint density at radius 3 is 2.32 bits per heavy atom. The third-order valence-electron chi connectivity index (χ3n) is 2.66. The number of nitrogens with zero attached hydrogens (tertiary/aromatic N) is 1. The number of nitrogens with one attached hydrogen (secondary N) is 1. The van der Waals surface area contributed by atoms with E-state index >= 15 is 0 Å². The molecule has 2 nitrogen and oxygen atoms in total. The molecule has 2 aromatic rings. The maximum atomic E-state index is 13.4. The van der Waals surface area contributed by atoms with Crippen molar-refractivity contribution in [2.75, 3.05) is 5.32 Å². The summed E-state index contributed by atoms with van der Waals surface area (Å²) in [5.41, 5.74) is 0.501. The van der Waals surface area contributed by atoms with Crippen LogP contribution in [0.1, 0.15) is 11.3 Å². The van der Waals surface area contributed by atoms with Crippen LogP contribution in [0.5, 0.6) is 0 Å². The normalized spacial score (nSPS) is 10.6. The first-order valence-corrected chi connectivity index (χ1v) is 5.48. The van der Waals surface area contributed by atoms with Gasteiger partial charge in [-0.3, -0.25) is 4.98 Å². The average molecular weight is 270 g/mol. The number of anilines is 1. The van der Waals surface area contributed by atoms with Crippen molar-refractivity contribution in [2.45, 2.75) is 13.5 Å². The maximum absolute atomic E-state index is 13.4. The zero-order chi connectivity index (χ0) is 14.0. The van der Waals surface area contributed by atoms with Crippen LogP contribution in [0, 0.1) is 30.2 Å². The summed E-state index contributed by atoms with van der Waals surface area (Å²) in [6.45, 7) is 1.73. The molecular weight excluding hydrogens is 260 g/mol. The van der Waals surface area contributed by atoms with Gasteiger partial charge < -0.3 is 5.32 Å². The van der Waals surface area contributed by atoms with E-state index in [2.05, 4.69) is 10.3 Å². The molecule has 0 saturated carbocycles. The van der Waals surface area contributed by atoms with E-state index in [1.165, 1.54) is 6.20 Å². The number of hydrogen-bond acceptors (Lipinski definition) is 2. The van der Waals surface area contributed by atoms with Crippen LogP contribution in [0.4, 0.5) is 23.2 Å². The predicted molar refractivity (Wildman–Crippen MR) is 62.6 cm³/mol. The number of aryl methyl sites for hydroxylation is 1. The smallest absolute Gasteiger partial charge is 0.185 e. The summed E-state index contributed by atoms with van der Waals surface area (Å²) in [4.78, 5) is 4.00. The highest BCUT2D eigenvalue weighted by Crippen LogP contribution is 2.24. The molecule has 0 aliphatic rings. The van der Waals surface area contributed by atoms with Gasteiger partial charge in [0.25, 0.3) is 0 Å². The van der Waals surface area contributed by atoms with Gasteiger partial charge in [0.1, 0.15) is 5.69 Å². The quantitative estimate of drug-likeness (QED) is 0.681. The summed E-state index contributed by atoms with van der Waals surface area (Å²) < 4.78 is 52.7. The van der Waals surface area contributed by atoms with Gasteiger partial charge in [0, 0.05) is 12.3 Å². The van der Waals surface area contributed by atoms with Crippen molar-refractivity contribution in [3.63, 3.8) is 0 Å². The van der Waals surface area contributed by atoms with E-state index in [1.807, 2.05) is 0 Å². The van der Waals surface area contributed by atoms with Gasteiger partial charge >= 0.3 is 0 Å². The molecule has 1 aromatic carbocycles. The molecule has 0 amide bonds. The van der Waals surface area contributed by atoms with E-state index in [0.29, 0.717) is 5.69 Å². The van der Waals surface area contributed by atoms with Crippen LogP contribution in [0.15, 0.2) is 24.4 Å². The van der Waals surface area contributed by atoms with Crippen LogP contribution in [0.3, 0.4) is 0 Å². The Balaban J connectivity index is 2.28. The van der Waals surface area contributed by atoms with Crippen molar-refractivity contribution in [3.8, 4) is 0 Å². The highest BCUT2D eigenvalue weighted by Gasteiger charge is 2.18. The van der Waals surface area contributed by atoms with E-state index in [4.69, 9.17) is 0 Å². The first-order valence-electron chi connectivity index (χ1n) is 5.48. The number of halogens is 4. The van der Waals surface area contributed by atoms with Crippen molar-refractivity contribution in [3.05, 3.63) is 58.9 Å². The van der Waals surface area contributed by atoms with Crippen LogP contribution in [-0.2, 0) is 6.54 Å². The number of pyridine rings is 1. The highest BCUT2D eigenvalue weighted by atomic mass is 19.2. The molecule has 6 heteroatoms. The monoisotopic (exact) mass is 270 g/mol. The van der Waals surface area contributed by atoms with Gasteiger partial charge in [0.2, 0.25) is 0 Å². The van der Waals surface area contributed by atoms with Gasteiger partial charge in [0.05, 0.1) is 12.2 Å². The zero-order valence-electron chi connectivity index (χ0n) is 9.98. The fourth-order valence-electron chi connectivity index (χ4n) is 1.60. The molecule has 1 heterocycles. The molecule has 0 atom stereocenters. The Hall–Kier alpha value is -2.11. The number of rotatable bonds is 3. The Morgan fingerprint density at radius 1 is 1.11 bits per heavy atom. The molecule has 0 aliphatic heterocycles. The fraction of sp³-hybridized carbons (Fsp3) is 0.154. The molecule has 0 aliphatic carbocycles. The average Bonchev–Trinajstić information content (AvgIpc) is 2.38. The van der Waals surface area contributed by atoms with E-state index in [9.17, 15) is 17.6 Å². The molecule has 0 fully saturated rings. The lowest BCUT2D eigenvalue weighted by atomic mass is 10.2. The van der Waals surface area contributed by atoms with E-state index in [1.54, 1.807) is 19.1 Å². The second-order valence-corrected chi connectivity index (χ2v) is 3.96. The summed E-state index contributed by atoms with van der Waals surface area (Å²) in [5.74, 6) is -5.79. The number of hydrogen-bond donors (Lipinski definition) is 1. The molecule has 0 spiro atoms. The zero-order valence-corrected chi connectivity index (χ0v) is 9.98. The van der Waals surface area contributed by atoms with Crippen molar-refractivity contribution < 1.29 is 17.6 Å². The summed E-state index contributed by atoms with van der Waals surface area (Å²) in [6.07, 6.45) is 1.52. The number of benzene rings is 1. The Kier molecular flexibility index (Phi) is 3.69. The van der Waals surface area contributed by atoms with Crippen LogP contribution < -0.4 is 5.32 Å². The molecule has 2 rings (SSSR count). The van der Waals surface area contributed by atoms with Crippen molar-refractivity contribution in [1.29, 1.82) is 0 Å².